The van der Waals surface area contributed by atoms with Crippen molar-refractivity contribution in [3.63, 3.8) is 0 Å². The molecule has 0 aliphatic carbocycles. The molecule has 2 aliphatic heterocycles. The Bertz CT molecular complexity index is 113. The fourth-order valence-electron chi connectivity index (χ4n) is 2.32. The van der Waals surface area contributed by atoms with Crippen molar-refractivity contribution >= 4 is 12.4 Å². The monoisotopic (exact) mass is 204 g/mol. The van der Waals surface area contributed by atoms with Crippen LogP contribution in [0.15, 0.2) is 0 Å². The molecule has 0 aromatic heterocycles. The maximum Gasteiger partial charge on any atom is 0.0133 e. The molecular weight excluding hydrogens is 184 g/mol. The average molecular weight is 205 g/mol. The Labute approximate surface area is 87.7 Å². The van der Waals surface area contributed by atoms with Crippen LogP contribution in [0, 0.1) is 0 Å². The summed E-state index contributed by atoms with van der Waals surface area (Å²) < 4.78 is 0. The molecule has 13 heavy (non-hydrogen) atoms. The van der Waals surface area contributed by atoms with Gasteiger partial charge in [0.2, 0.25) is 0 Å². The molecule has 0 radical (unpaired) electrons. The summed E-state index contributed by atoms with van der Waals surface area (Å²) in [6.07, 6.45) is 8.55. The van der Waals surface area contributed by atoms with Crippen LogP contribution < -0.4 is 0 Å². The summed E-state index contributed by atoms with van der Waals surface area (Å²) >= 11 is 0. The van der Waals surface area contributed by atoms with Gasteiger partial charge < -0.3 is 0 Å². The largest absolute Gasteiger partial charge is 0.242 e. The average Bonchev–Trinajstić information content (AvgIpc) is 2.21. The van der Waals surface area contributed by atoms with E-state index in [0.717, 1.165) is 0 Å². The van der Waals surface area contributed by atoms with E-state index in [0.29, 0.717) is 0 Å². The third-order valence-electron chi connectivity index (χ3n) is 3.06. The van der Waals surface area contributed by atoms with Gasteiger partial charge in [-0.15, -0.1) is 12.4 Å². The molecule has 78 valence electrons. The van der Waals surface area contributed by atoms with Gasteiger partial charge in [0, 0.05) is 26.2 Å². The van der Waals surface area contributed by atoms with E-state index in [1.165, 1.54) is 64.7 Å². The van der Waals surface area contributed by atoms with Crippen molar-refractivity contribution < 1.29 is 0 Å². The Morgan fingerprint density at radius 2 is 0.769 bits per heavy atom. The Morgan fingerprint density at radius 3 is 1.08 bits per heavy atom. The van der Waals surface area contributed by atoms with Gasteiger partial charge in [0.25, 0.3) is 0 Å². The number of piperidine rings is 2. The zero-order valence-electron chi connectivity index (χ0n) is 8.37. The Balaban J connectivity index is 0.000000845. The molecule has 0 atom stereocenters. The molecule has 0 unspecified atom stereocenters. The minimum absolute atomic E-state index is 0. The molecule has 0 saturated carbocycles. The van der Waals surface area contributed by atoms with Crippen molar-refractivity contribution in [2.75, 3.05) is 26.2 Å². The van der Waals surface area contributed by atoms with Crippen molar-refractivity contribution in [3.05, 3.63) is 0 Å². The highest BCUT2D eigenvalue weighted by molar-refractivity contribution is 5.85. The second kappa shape index (κ2) is 5.84. The van der Waals surface area contributed by atoms with Gasteiger partial charge in [-0.05, 0) is 25.7 Å². The van der Waals surface area contributed by atoms with E-state index in [4.69, 9.17) is 0 Å². The highest BCUT2D eigenvalue weighted by Crippen LogP contribution is 2.16. The van der Waals surface area contributed by atoms with Crippen molar-refractivity contribution in [2.45, 2.75) is 38.5 Å². The van der Waals surface area contributed by atoms with Gasteiger partial charge in [0.15, 0.2) is 0 Å². The van der Waals surface area contributed by atoms with Gasteiger partial charge in [-0.1, -0.05) is 12.8 Å². The van der Waals surface area contributed by atoms with E-state index in [9.17, 15) is 0 Å². The number of halogens is 1. The molecule has 0 amide bonds. The minimum atomic E-state index is 0. The molecule has 2 fully saturated rings. The summed E-state index contributed by atoms with van der Waals surface area (Å²) in [6, 6.07) is 0. The van der Waals surface area contributed by atoms with Crippen molar-refractivity contribution in [1.82, 2.24) is 10.0 Å². The SMILES string of the molecule is C1CCN(N2CCCCC2)CC1.Cl. The quantitative estimate of drug-likeness (QED) is 0.647. The van der Waals surface area contributed by atoms with Crippen LogP contribution in [0.2, 0.25) is 0 Å². The van der Waals surface area contributed by atoms with Gasteiger partial charge in [-0.2, -0.15) is 0 Å². The predicted molar refractivity (Wildman–Crippen MR) is 58.1 cm³/mol. The fraction of sp³-hybridized carbons (Fsp3) is 1.00. The van der Waals surface area contributed by atoms with Crippen LogP contribution in [0.1, 0.15) is 38.5 Å². The Hall–Kier alpha value is 0.210. The van der Waals surface area contributed by atoms with Crippen LogP contribution in [-0.2, 0) is 0 Å². The molecular formula is C10H21ClN2. The van der Waals surface area contributed by atoms with Crippen molar-refractivity contribution in [3.8, 4) is 0 Å². The summed E-state index contributed by atoms with van der Waals surface area (Å²) in [7, 11) is 0. The van der Waals surface area contributed by atoms with Gasteiger partial charge in [0.1, 0.15) is 0 Å². The second-order valence-corrected chi connectivity index (χ2v) is 4.03. The van der Waals surface area contributed by atoms with Crippen molar-refractivity contribution in [1.29, 1.82) is 0 Å². The topological polar surface area (TPSA) is 6.48 Å². The molecule has 0 N–H and O–H groups in total. The van der Waals surface area contributed by atoms with Crippen LogP contribution in [0.4, 0.5) is 0 Å². The highest BCUT2D eigenvalue weighted by atomic mass is 35.5. The van der Waals surface area contributed by atoms with Gasteiger partial charge in [0.05, 0.1) is 0 Å². The number of rotatable bonds is 1. The number of hydrogen-bond acceptors (Lipinski definition) is 2. The van der Waals surface area contributed by atoms with E-state index in [1.54, 1.807) is 0 Å². The number of hydrazine groups is 1. The van der Waals surface area contributed by atoms with E-state index >= 15 is 0 Å². The highest BCUT2D eigenvalue weighted by Gasteiger charge is 2.19. The van der Waals surface area contributed by atoms with E-state index in [1.807, 2.05) is 0 Å². The smallest absolute Gasteiger partial charge is 0.0133 e. The minimum Gasteiger partial charge on any atom is -0.242 e. The first-order valence-electron chi connectivity index (χ1n) is 5.46. The first kappa shape index (κ1) is 11.3. The van der Waals surface area contributed by atoms with Crippen LogP contribution in [0.3, 0.4) is 0 Å². The lowest BCUT2D eigenvalue weighted by Crippen LogP contribution is -2.47. The fourth-order valence-corrected chi connectivity index (χ4v) is 2.32. The predicted octanol–water partition coefficient (Wildman–Crippen LogP) is 2.30. The standard InChI is InChI=1S/C10H20N2.ClH/c1-3-7-11(8-4-1)12-9-5-2-6-10-12;/h1-10H2;1H. The molecule has 2 saturated heterocycles. The van der Waals surface area contributed by atoms with E-state index < -0.39 is 0 Å². The first-order chi connectivity index (χ1) is 5.97. The lowest BCUT2D eigenvalue weighted by Gasteiger charge is -2.39. The van der Waals surface area contributed by atoms with Crippen LogP contribution in [-0.4, -0.2) is 36.2 Å². The molecule has 0 aromatic rings. The van der Waals surface area contributed by atoms with E-state index in [-0.39, 0.29) is 12.4 Å². The summed E-state index contributed by atoms with van der Waals surface area (Å²) in [5.41, 5.74) is 0. The lowest BCUT2D eigenvalue weighted by atomic mass is 10.1. The molecule has 0 spiro atoms. The van der Waals surface area contributed by atoms with Gasteiger partial charge in [-0.3, -0.25) is 0 Å². The summed E-state index contributed by atoms with van der Waals surface area (Å²) in [4.78, 5) is 0. The van der Waals surface area contributed by atoms with Crippen LogP contribution >= 0.6 is 12.4 Å². The Morgan fingerprint density at radius 1 is 0.462 bits per heavy atom. The molecule has 2 heterocycles. The lowest BCUT2D eigenvalue weighted by molar-refractivity contribution is -0.0518. The van der Waals surface area contributed by atoms with Crippen molar-refractivity contribution in [2.24, 2.45) is 0 Å². The number of nitrogens with zero attached hydrogens (tertiary/aromatic N) is 2. The normalized spacial score (nSPS) is 26.8. The third kappa shape index (κ3) is 3.12. The molecule has 2 nitrogen and oxygen atoms in total. The zero-order chi connectivity index (χ0) is 8.23. The molecule has 2 rings (SSSR count). The van der Waals surface area contributed by atoms with Gasteiger partial charge >= 0.3 is 0 Å². The molecule has 0 aromatic carbocycles. The number of hydrogen-bond donors (Lipinski definition) is 0. The zero-order valence-corrected chi connectivity index (χ0v) is 9.19. The third-order valence-corrected chi connectivity index (χ3v) is 3.06. The van der Waals surface area contributed by atoms with Gasteiger partial charge in [-0.25, -0.2) is 10.0 Å². The molecule has 2 aliphatic rings. The van der Waals surface area contributed by atoms with E-state index in [2.05, 4.69) is 10.0 Å². The first-order valence-corrected chi connectivity index (χ1v) is 5.46. The maximum atomic E-state index is 2.59. The van der Waals surface area contributed by atoms with Crippen LogP contribution in [0.5, 0.6) is 0 Å². The molecule has 0 bridgehead atoms. The second-order valence-electron chi connectivity index (χ2n) is 4.03. The molecule has 3 heteroatoms. The Kier molecular flexibility index (Phi) is 5.07. The maximum absolute atomic E-state index is 2.59. The summed E-state index contributed by atoms with van der Waals surface area (Å²) in [6.45, 7) is 5.28. The van der Waals surface area contributed by atoms with Crippen LogP contribution in [0.25, 0.3) is 0 Å². The summed E-state index contributed by atoms with van der Waals surface area (Å²) in [5.74, 6) is 0. The summed E-state index contributed by atoms with van der Waals surface area (Å²) in [5, 5.41) is 5.17.